The van der Waals surface area contributed by atoms with E-state index in [1.54, 1.807) is 6.08 Å². The molecule has 58 valence electrons. The molecule has 0 amide bonds. The highest BCUT2D eigenvalue weighted by Gasteiger charge is 1.96. The first-order valence-corrected chi connectivity index (χ1v) is 3.21. The average Bonchev–Trinajstić information content (AvgIpc) is 1.89. The van der Waals surface area contributed by atoms with Crippen LogP contribution in [0.3, 0.4) is 0 Å². The predicted octanol–water partition coefficient (Wildman–Crippen LogP) is 0.107. The Hall–Kier alpha value is -0.670. The first kappa shape index (κ1) is 9.33. The summed E-state index contributed by atoms with van der Waals surface area (Å²) in [6.45, 7) is 4.49. The number of rotatable bonds is 6. The quantitative estimate of drug-likeness (QED) is 0.424. The molecule has 0 aliphatic rings. The maximum Gasteiger partial charge on any atom is 0.162 e. The highest BCUT2D eigenvalue weighted by Crippen LogP contribution is 1.84. The van der Waals surface area contributed by atoms with Crippen LogP contribution in [-0.4, -0.2) is 25.5 Å². The molecule has 0 aromatic heterocycles. The third kappa shape index (κ3) is 5.47. The number of hydrogen-bond donors (Lipinski definition) is 1. The Morgan fingerprint density at radius 2 is 2.40 bits per heavy atom. The van der Waals surface area contributed by atoms with Gasteiger partial charge in [0.05, 0.1) is 6.61 Å². The third-order valence-electron chi connectivity index (χ3n) is 0.897. The third-order valence-corrected chi connectivity index (χ3v) is 0.897. The van der Waals surface area contributed by atoms with Gasteiger partial charge in [-0.2, -0.15) is 0 Å². The summed E-state index contributed by atoms with van der Waals surface area (Å²) >= 11 is 0. The highest BCUT2D eigenvalue weighted by atomic mass is 16.5. The number of ether oxygens (including phenoxy) is 1. The fourth-order valence-electron chi connectivity index (χ4n) is 0.489. The van der Waals surface area contributed by atoms with Crippen molar-refractivity contribution < 1.29 is 9.53 Å². The summed E-state index contributed by atoms with van der Waals surface area (Å²) in [5.74, 6) is 0.0449. The molecule has 0 fully saturated rings. The van der Waals surface area contributed by atoms with E-state index in [9.17, 15) is 4.79 Å². The smallest absolute Gasteiger partial charge is 0.162 e. The van der Waals surface area contributed by atoms with Gasteiger partial charge < -0.3 is 10.5 Å². The summed E-state index contributed by atoms with van der Waals surface area (Å²) in [4.78, 5) is 10.7. The number of carbonyl (C=O) groups is 1. The van der Waals surface area contributed by atoms with Gasteiger partial charge in [-0.25, -0.2) is 0 Å². The van der Waals surface area contributed by atoms with E-state index in [1.165, 1.54) is 0 Å². The van der Waals surface area contributed by atoms with Crippen LogP contribution >= 0.6 is 0 Å². The van der Waals surface area contributed by atoms with Gasteiger partial charge in [0, 0.05) is 13.0 Å². The molecule has 0 atom stereocenters. The van der Waals surface area contributed by atoms with Crippen molar-refractivity contribution in [3.63, 3.8) is 0 Å². The SMILES string of the molecule is C=CCC(=O)COCCN. The molecule has 0 rings (SSSR count). The second kappa shape index (κ2) is 6.45. The van der Waals surface area contributed by atoms with Gasteiger partial charge in [-0.1, -0.05) is 6.08 Å². The lowest BCUT2D eigenvalue weighted by Crippen LogP contribution is -2.13. The molecule has 0 aromatic rings. The van der Waals surface area contributed by atoms with Crippen molar-refractivity contribution in [2.45, 2.75) is 6.42 Å². The molecule has 0 spiro atoms. The summed E-state index contributed by atoms with van der Waals surface area (Å²) in [6, 6.07) is 0. The van der Waals surface area contributed by atoms with Crippen LogP contribution in [0.5, 0.6) is 0 Å². The number of nitrogens with two attached hydrogens (primary N) is 1. The van der Waals surface area contributed by atoms with Gasteiger partial charge >= 0.3 is 0 Å². The van der Waals surface area contributed by atoms with Crippen molar-refractivity contribution in [2.24, 2.45) is 5.73 Å². The first-order chi connectivity index (χ1) is 4.81. The zero-order valence-corrected chi connectivity index (χ0v) is 6.01. The minimum absolute atomic E-state index is 0.0449. The maximum atomic E-state index is 10.7. The molecule has 2 N–H and O–H groups in total. The van der Waals surface area contributed by atoms with Crippen molar-refractivity contribution in [1.82, 2.24) is 0 Å². The molecule has 0 saturated carbocycles. The van der Waals surface area contributed by atoms with Crippen LogP contribution in [0.25, 0.3) is 0 Å². The topological polar surface area (TPSA) is 52.3 Å². The molecule has 0 unspecified atom stereocenters. The van der Waals surface area contributed by atoms with Gasteiger partial charge in [0.25, 0.3) is 0 Å². The van der Waals surface area contributed by atoms with Gasteiger partial charge in [0.2, 0.25) is 0 Å². The summed E-state index contributed by atoms with van der Waals surface area (Å²) in [6.07, 6.45) is 1.94. The number of allylic oxidation sites excluding steroid dienone is 1. The lowest BCUT2D eigenvalue weighted by molar-refractivity contribution is -0.122. The lowest BCUT2D eigenvalue weighted by atomic mass is 10.3. The second-order valence-corrected chi connectivity index (χ2v) is 1.87. The molecule has 10 heavy (non-hydrogen) atoms. The average molecular weight is 143 g/mol. The Labute approximate surface area is 60.9 Å². The Morgan fingerprint density at radius 3 is 2.90 bits per heavy atom. The Balaban J connectivity index is 3.13. The maximum absolute atomic E-state index is 10.7. The van der Waals surface area contributed by atoms with E-state index in [0.29, 0.717) is 19.6 Å². The Kier molecular flexibility index (Phi) is 6.02. The van der Waals surface area contributed by atoms with Crippen LogP contribution in [0.2, 0.25) is 0 Å². The first-order valence-electron chi connectivity index (χ1n) is 3.21. The van der Waals surface area contributed by atoms with Gasteiger partial charge in [-0.15, -0.1) is 6.58 Å². The fraction of sp³-hybridized carbons (Fsp3) is 0.571. The normalized spacial score (nSPS) is 9.30. The van der Waals surface area contributed by atoms with Crippen molar-refractivity contribution in [3.8, 4) is 0 Å². The minimum Gasteiger partial charge on any atom is -0.372 e. The fourth-order valence-corrected chi connectivity index (χ4v) is 0.489. The number of carbonyl (C=O) groups excluding carboxylic acids is 1. The monoisotopic (exact) mass is 143 g/mol. The van der Waals surface area contributed by atoms with Crippen LogP contribution in [0, 0.1) is 0 Å². The van der Waals surface area contributed by atoms with Crippen LogP contribution in [0.1, 0.15) is 6.42 Å². The molecular formula is C7H13NO2. The molecule has 0 aromatic carbocycles. The van der Waals surface area contributed by atoms with E-state index in [1.807, 2.05) is 0 Å². The zero-order valence-electron chi connectivity index (χ0n) is 6.01. The Morgan fingerprint density at radius 1 is 1.70 bits per heavy atom. The van der Waals surface area contributed by atoms with E-state index >= 15 is 0 Å². The molecule has 0 bridgehead atoms. The van der Waals surface area contributed by atoms with E-state index in [-0.39, 0.29) is 12.4 Å². The van der Waals surface area contributed by atoms with Crippen LogP contribution in [-0.2, 0) is 9.53 Å². The van der Waals surface area contributed by atoms with Crippen molar-refractivity contribution in [2.75, 3.05) is 19.8 Å². The standard InChI is InChI=1S/C7H13NO2/c1-2-3-7(9)6-10-5-4-8/h2H,1,3-6,8H2. The van der Waals surface area contributed by atoms with Gasteiger partial charge in [0.1, 0.15) is 6.61 Å². The Bertz CT molecular complexity index is 112. The molecule has 0 aliphatic carbocycles. The molecular weight excluding hydrogens is 130 g/mol. The largest absolute Gasteiger partial charge is 0.372 e. The zero-order chi connectivity index (χ0) is 7.82. The highest BCUT2D eigenvalue weighted by molar-refractivity contribution is 5.80. The van der Waals surface area contributed by atoms with E-state index in [4.69, 9.17) is 10.5 Å². The second-order valence-electron chi connectivity index (χ2n) is 1.87. The van der Waals surface area contributed by atoms with Crippen molar-refractivity contribution in [3.05, 3.63) is 12.7 Å². The molecule has 0 heterocycles. The molecule has 0 radical (unpaired) electrons. The summed E-state index contributed by atoms with van der Waals surface area (Å²) in [5, 5.41) is 0. The van der Waals surface area contributed by atoms with Gasteiger partial charge in [0.15, 0.2) is 5.78 Å². The van der Waals surface area contributed by atoms with Gasteiger partial charge in [-0.05, 0) is 0 Å². The van der Waals surface area contributed by atoms with E-state index in [0.717, 1.165) is 0 Å². The summed E-state index contributed by atoms with van der Waals surface area (Å²) < 4.78 is 4.87. The number of hydrogen-bond acceptors (Lipinski definition) is 3. The molecule has 0 saturated heterocycles. The minimum atomic E-state index is 0.0449. The van der Waals surface area contributed by atoms with Crippen molar-refractivity contribution >= 4 is 5.78 Å². The number of Topliss-reactive ketones (excluding diaryl/α,β-unsaturated/α-hetero) is 1. The predicted molar refractivity (Wildman–Crippen MR) is 39.7 cm³/mol. The molecule has 3 nitrogen and oxygen atoms in total. The van der Waals surface area contributed by atoms with Crippen LogP contribution < -0.4 is 5.73 Å². The van der Waals surface area contributed by atoms with Crippen LogP contribution in [0.15, 0.2) is 12.7 Å². The summed E-state index contributed by atoms with van der Waals surface area (Å²) in [7, 11) is 0. The van der Waals surface area contributed by atoms with E-state index in [2.05, 4.69) is 6.58 Å². The number of ketones is 1. The molecule has 3 heteroatoms. The molecule has 0 aliphatic heterocycles. The van der Waals surface area contributed by atoms with Crippen LogP contribution in [0.4, 0.5) is 0 Å². The van der Waals surface area contributed by atoms with E-state index < -0.39 is 0 Å². The lowest BCUT2D eigenvalue weighted by Gasteiger charge is -1.97. The van der Waals surface area contributed by atoms with Gasteiger partial charge in [-0.3, -0.25) is 4.79 Å². The summed E-state index contributed by atoms with van der Waals surface area (Å²) in [5.41, 5.74) is 5.13. The van der Waals surface area contributed by atoms with Crippen molar-refractivity contribution in [1.29, 1.82) is 0 Å².